The fraction of sp³-hybridized carbons (Fsp3) is 0.278. The second-order valence-corrected chi connectivity index (χ2v) is 8.13. The number of nitro benzene ring substituents is 1. The normalized spacial score (nSPS) is 12.0. The summed E-state index contributed by atoms with van der Waals surface area (Å²) in [7, 11) is -0.582. The zero-order valence-corrected chi connectivity index (χ0v) is 17.1. The summed E-state index contributed by atoms with van der Waals surface area (Å²) in [6.45, 7) is 1.51. The Morgan fingerprint density at radius 1 is 1.21 bits per heavy atom. The maximum Gasteiger partial charge on any atom is 0.271 e. The van der Waals surface area contributed by atoms with Crippen LogP contribution in [0.25, 0.3) is 0 Å². The number of carbonyl (C=O) groups excluding carboxylic acids is 1. The van der Waals surface area contributed by atoms with Crippen LogP contribution in [-0.4, -0.2) is 45.8 Å². The molecule has 29 heavy (non-hydrogen) atoms. The van der Waals surface area contributed by atoms with Gasteiger partial charge in [-0.25, -0.2) is 8.42 Å². The van der Waals surface area contributed by atoms with E-state index in [4.69, 9.17) is 9.47 Å². The lowest BCUT2D eigenvalue weighted by Crippen LogP contribution is -2.30. The Morgan fingerprint density at radius 3 is 2.34 bits per heavy atom. The van der Waals surface area contributed by atoms with Gasteiger partial charge in [0.1, 0.15) is 11.5 Å². The van der Waals surface area contributed by atoms with Gasteiger partial charge in [-0.1, -0.05) is 0 Å². The molecule has 2 aromatic rings. The van der Waals surface area contributed by atoms with Gasteiger partial charge >= 0.3 is 0 Å². The lowest BCUT2D eigenvalue weighted by molar-refractivity contribution is -0.384. The number of methoxy groups -OCH3 is 1. The average molecular weight is 423 g/mol. The third-order valence-electron chi connectivity index (χ3n) is 4.03. The van der Waals surface area contributed by atoms with Crippen LogP contribution in [0.15, 0.2) is 42.5 Å². The highest BCUT2D eigenvalue weighted by atomic mass is 32.2. The van der Waals surface area contributed by atoms with Crippen molar-refractivity contribution in [3.63, 3.8) is 0 Å². The van der Waals surface area contributed by atoms with E-state index in [1.807, 2.05) is 0 Å². The van der Waals surface area contributed by atoms with E-state index in [0.717, 1.165) is 10.6 Å². The number of nitrogens with zero attached hydrogens (tertiary/aromatic N) is 2. The first-order valence-electron chi connectivity index (χ1n) is 8.37. The molecule has 0 aromatic heterocycles. The molecule has 10 nitrogen and oxygen atoms in total. The number of sulfonamides is 1. The van der Waals surface area contributed by atoms with Crippen molar-refractivity contribution in [1.29, 1.82) is 0 Å². The number of benzene rings is 2. The van der Waals surface area contributed by atoms with Crippen LogP contribution in [0, 0.1) is 10.1 Å². The molecule has 0 spiro atoms. The van der Waals surface area contributed by atoms with Crippen molar-refractivity contribution in [3.05, 3.63) is 52.6 Å². The molecular formula is C18H21N3O7S. The van der Waals surface area contributed by atoms with Gasteiger partial charge in [0, 0.05) is 19.2 Å². The van der Waals surface area contributed by atoms with Crippen LogP contribution < -0.4 is 19.1 Å². The van der Waals surface area contributed by atoms with Gasteiger partial charge in [0.2, 0.25) is 10.0 Å². The van der Waals surface area contributed by atoms with Crippen LogP contribution in [-0.2, 0) is 14.8 Å². The van der Waals surface area contributed by atoms with Crippen molar-refractivity contribution < 1.29 is 27.6 Å². The largest absolute Gasteiger partial charge is 0.495 e. The van der Waals surface area contributed by atoms with Gasteiger partial charge in [0.15, 0.2) is 6.10 Å². The van der Waals surface area contributed by atoms with Crippen molar-refractivity contribution >= 4 is 33.0 Å². The topological polar surface area (TPSA) is 128 Å². The van der Waals surface area contributed by atoms with Crippen molar-refractivity contribution in [2.75, 3.05) is 30.0 Å². The van der Waals surface area contributed by atoms with Crippen LogP contribution in [0.3, 0.4) is 0 Å². The molecule has 0 heterocycles. The predicted molar refractivity (Wildman–Crippen MR) is 108 cm³/mol. The van der Waals surface area contributed by atoms with Gasteiger partial charge in [-0.05, 0) is 37.3 Å². The molecule has 11 heteroatoms. The van der Waals surface area contributed by atoms with Gasteiger partial charge < -0.3 is 14.8 Å². The van der Waals surface area contributed by atoms with E-state index < -0.39 is 27.0 Å². The second-order valence-electron chi connectivity index (χ2n) is 6.12. The molecule has 2 rings (SSSR count). The third-order valence-corrected chi connectivity index (χ3v) is 5.24. The molecule has 0 aliphatic heterocycles. The van der Waals surface area contributed by atoms with E-state index >= 15 is 0 Å². The summed E-state index contributed by atoms with van der Waals surface area (Å²) in [6, 6.07) is 10.0. The Balaban J connectivity index is 2.10. The Hall–Kier alpha value is -3.34. The quantitative estimate of drug-likeness (QED) is 0.510. The number of amides is 1. The van der Waals surface area contributed by atoms with E-state index in [1.54, 1.807) is 12.1 Å². The second kappa shape index (κ2) is 8.78. The lowest BCUT2D eigenvalue weighted by Gasteiger charge is -2.18. The molecule has 0 radical (unpaired) electrons. The molecule has 156 valence electrons. The van der Waals surface area contributed by atoms with E-state index in [0.29, 0.717) is 11.4 Å². The molecule has 0 aliphatic carbocycles. The van der Waals surface area contributed by atoms with Crippen molar-refractivity contribution in [1.82, 2.24) is 0 Å². The highest BCUT2D eigenvalue weighted by Gasteiger charge is 2.19. The van der Waals surface area contributed by atoms with Crippen molar-refractivity contribution in [2.24, 2.45) is 0 Å². The Labute approximate surface area is 168 Å². The van der Waals surface area contributed by atoms with Crippen LogP contribution in [0.4, 0.5) is 17.1 Å². The molecule has 1 amide bonds. The number of anilines is 2. The first-order chi connectivity index (χ1) is 13.5. The summed E-state index contributed by atoms with van der Waals surface area (Å²) in [4.78, 5) is 22.8. The van der Waals surface area contributed by atoms with Crippen LogP contribution in [0.1, 0.15) is 6.92 Å². The Bertz CT molecular complexity index is 1010. The number of nitrogens with one attached hydrogen (secondary N) is 1. The minimum absolute atomic E-state index is 0.146. The van der Waals surface area contributed by atoms with Crippen LogP contribution in [0.5, 0.6) is 11.5 Å². The SMILES string of the molecule is COc1ccc([N+](=O)[O-])cc1NC(=O)[C@H](C)Oc1ccc(N(C)S(C)(=O)=O)cc1. The van der Waals surface area contributed by atoms with E-state index in [9.17, 15) is 23.3 Å². The maximum atomic E-state index is 12.4. The number of ether oxygens (including phenoxy) is 2. The Kier molecular flexibility index (Phi) is 6.64. The van der Waals surface area contributed by atoms with Crippen molar-refractivity contribution in [2.45, 2.75) is 13.0 Å². The summed E-state index contributed by atoms with van der Waals surface area (Å²) in [6.07, 6.45) is 0.156. The Morgan fingerprint density at radius 2 is 1.83 bits per heavy atom. The molecular weight excluding hydrogens is 402 g/mol. The number of nitro groups is 1. The first-order valence-corrected chi connectivity index (χ1v) is 10.2. The standard InChI is InChI=1S/C18H21N3O7S/c1-12(28-15-8-5-13(6-9-15)20(2)29(4,25)26)18(22)19-16-11-14(21(23)24)7-10-17(16)27-3/h5-12H,1-4H3,(H,19,22)/t12-/m0/s1. The molecule has 0 fully saturated rings. The molecule has 1 atom stereocenters. The third kappa shape index (κ3) is 5.57. The zero-order chi connectivity index (χ0) is 21.8. The number of carbonyl (C=O) groups is 1. The molecule has 0 unspecified atom stereocenters. The fourth-order valence-corrected chi connectivity index (χ4v) is 2.83. The molecule has 0 saturated heterocycles. The van der Waals surface area contributed by atoms with Crippen LogP contribution in [0.2, 0.25) is 0 Å². The van der Waals surface area contributed by atoms with Crippen LogP contribution >= 0.6 is 0 Å². The lowest BCUT2D eigenvalue weighted by atomic mass is 10.2. The number of hydrogen-bond acceptors (Lipinski definition) is 7. The van der Waals surface area contributed by atoms with Gasteiger partial charge in [-0.2, -0.15) is 0 Å². The van der Waals surface area contributed by atoms with Gasteiger partial charge in [-0.15, -0.1) is 0 Å². The minimum Gasteiger partial charge on any atom is -0.495 e. The summed E-state index contributed by atoms with van der Waals surface area (Å²) >= 11 is 0. The molecule has 0 saturated carbocycles. The number of non-ortho nitro benzene ring substituents is 1. The number of hydrogen-bond donors (Lipinski definition) is 1. The summed E-state index contributed by atoms with van der Waals surface area (Å²) in [5.74, 6) is 0.0785. The van der Waals surface area contributed by atoms with E-state index in [-0.39, 0.29) is 17.1 Å². The number of rotatable bonds is 8. The molecule has 0 bridgehead atoms. The summed E-state index contributed by atoms with van der Waals surface area (Å²) in [5, 5.41) is 13.5. The minimum atomic E-state index is -3.39. The predicted octanol–water partition coefficient (Wildman–Crippen LogP) is 2.41. The van der Waals surface area contributed by atoms with Gasteiger partial charge in [0.05, 0.1) is 29.7 Å². The van der Waals surface area contributed by atoms with Gasteiger partial charge in [0.25, 0.3) is 11.6 Å². The van der Waals surface area contributed by atoms with Crippen molar-refractivity contribution in [3.8, 4) is 11.5 Å². The average Bonchev–Trinajstić information content (AvgIpc) is 2.67. The maximum absolute atomic E-state index is 12.4. The zero-order valence-electron chi connectivity index (χ0n) is 16.3. The van der Waals surface area contributed by atoms with E-state index in [2.05, 4.69) is 5.32 Å². The fourth-order valence-electron chi connectivity index (χ4n) is 2.33. The van der Waals surface area contributed by atoms with Gasteiger partial charge in [-0.3, -0.25) is 19.2 Å². The highest BCUT2D eigenvalue weighted by molar-refractivity contribution is 7.92. The first kappa shape index (κ1) is 22.0. The monoisotopic (exact) mass is 423 g/mol. The molecule has 2 aromatic carbocycles. The van der Waals surface area contributed by atoms with E-state index in [1.165, 1.54) is 51.4 Å². The summed E-state index contributed by atoms with van der Waals surface area (Å²) in [5.41, 5.74) is 0.394. The molecule has 1 N–H and O–H groups in total. The highest BCUT2D eigenvalue weighted by Crippen LogP contribution is 2.29. The smallest absolute Gasteiger partial charge is 0.271 e. The summed E-state index contributed by atoms with van der Waals surface area (Å²) < 4.78 is 34.9. The molecule has 0 aliphatic rings.